The predicted octanol–water partition coefficient (Wildman–Crippen LogP) is 2.32. The summed E-state index contributed by atoms with van der Waals surface area (Å²) in [6.45, 7) is 13.2. The Hall–Kier alpha value is -2.29. The fourth-order valence-corrected chi connectivity index (χ4v) is 4.19. The van der Waals surface area contributed by atoms with Crippen LogP contribution in [0.3, 0.4) is 0 Å². The minimum absolute atomic E-state index is 0.0722. The summed E-state index contributed by atoms with van der Waals surface area (Å²) in [5.74, 6) is -0.223. The van der Waals surface area contributed by atoms with Gasteiger partial charge in [-0.1, -0.05) is 20.8 Å². The van der Waals surface area contributed by atoms with Crippen molar-refractivity contribution in [1.29, 1.82) is 0 Å². The molecule has 2 aromatic rings. The quantitative estimate of drug-likeness (QED) is 0.787. The fourth-order valence-electron chi connectivity index (χ4n) is 2.79. The molecule has 0 aliphatic carbocycles. The number of nitrogens with one attached hydrogen (secondary N) is 1. The van der Waals surface area contributed by atoms with Crippen LogP contribution in [0.5, 0.6) is 0 Å². The molecular formula is C19H29N5O3S. The third kappa shape index (κ3) is 5.85. The summed E-state index contributed by atoms with van der Waals surface area (Å²) in [5, 5.41) is 4.44. The molecule has 0 radical (unpaired) electrons. The molecule has 0 atom stereocenters. The average molecular weight is 408 g/mol. The zero-order valence-corrected chi connectivity index (χ0v) is 18.4. The van der Waals surface area contributed by atoms with Gasteiger partial charge in [0.2, 0.25) is 15.9 Å². The molecule has 0 saturated carbocycles. The second-order valence-corrected chi connectivity index (χ2v) is 10.2. The fraction of sp³-hybridized carbons (Fsp3) is 0.579. The van der Waals surface area contributed by atoms with Crippen molar-refractivity contribution in [3.8, 4) is 5.95 Å². The molecule has 0 bridgehead atoms. The molecule has 0 aliphatic rings. The highest BCUT2D eigenvalue weighted by Crippen LogP contribution is 2.20. The maximum absolute atomic E-state index is 12.4. The van der Waals surface area contributed by atoms with Crippen LogP contribution in [-0.2, 0) is 21.2 Å². The van der Waals surface area contributed by atoms with Crippen LogP contribution in [0.1, 0.15) is 55.5 Å². The summed E-state index contributed by atoms with van der Waals surface area (Å²) in [5.41, 5.74) is 3.54. The van der Waals surface area contributed by atoms with Gasteiger partial charge in [-0.2, -0.15) is 5.10 Å². The van der Waals surface area contributed by atoms with Gasteiger partial charge in [-0.15, -0.1) is 0 Å². The highest BCUT2D eigenvalue weighted by molar-refractivity contribution is 7.90. The van der Waals surface area contributed by atoms with Crippen molar-refractivity contribution < 1.29 is 13.2 Å². The molecule has 154 valence electrons. The van der Waals surface area contributed by atoms with Crippen LogP contribution in [0.2, 0.25) is 0 Å². The smallest absolute Gasteiger partial charge is 0.251 e. The molecule has 2 rings (SSSR count). The highest BCUT2D eigenvalue weighted by atomic mass is 32.2. The number of carbonyl (C=O) groups is 1. The van der Waals surface area contributed by atoms with Crippen molar-refractivity contribution in [3.05, 3.63) is 34.4 Å². The number of rotatable bonds is 6. The summed E-state index contributed by atoms with van der Waals surface area (Å²) >= 11 is 0. The van der Waals surface area contributed by atoms with Gasteiger partial charge in [0.15, 0.2) is 0 Å². The first-order chi connectivity index (χ1) is 12.8. The van der Waals surface area contributed by atoms with Crippen molar-refractivity contribution in [2.75, 3.05) is 5.75 Å². The molecule has 8 nitrogen and oxygen atoms in total. The molecule has 9 heteroatoms. The summed E-state index contributed by atoms with van der Waals surface area (Å²) in [6.07, 6.45) is 0.396. The third-order valence-electron chi connectivity index (χ3n) is 4.33. The summed E-state index contributed by atoms with van der Waals surface area (Å²) in [4.78, 5) is 21.1. The standard InChI is InChI=1S/C19H29N5O3S/c1-12-10-13(2)21-18(20-12)24-15(4)16(14(3)22-24)11-17(25)23-28(26,27)9-8-19(5,6)7/h10H,8-9,11H2,1-7H3,(H,23,25). The van der Waals surface area contributed by atoms with Crippen LogP contribution >= 0.6 is 0 Å². The molecule has 0 aliphatic heterocycles. The molecule has 28 heavy (non-hydrogen) atoms. The summed E-state index contributed by atoms with van der Waals surface area (Å²) in [7, 11) is -3.67. The van der Waals surface area contributed by atoms with Crippen molar-refractivity contribution in [2.24, 2.45) is 5.41 Å². The molecule has 1 N–H and O–H groups in total. The molecule has 0 saturated heterocycles. The van der Waals surface area contributed by atoms with E-state index in [9.17, 15) is 13.2 Å². The first-order valence-corrected chi connectivity index (χ1v) is 10.8. The van der Waals surface area contributed by atoms with E-state index in [-0.39, 0.29) is 17.6 Å². The van der Waals surface area contributed by atoms with Crippen molar-refractivity contribution in [2.45, 2.75) is 61.3 Å². The lowest BCUT2D eigenvalue weighted by molar-refractivity contribution is -0.118. The van der Waals surface area contributed by atoms with E-state index in [1.807, 2.05) is 47.6 Å². The Labute approximate surface area is 166 Å². The van der Waals surface area contributed by atoms with Crippen LogP contribution < -0.4 is 4.72 Å². The molecule has 0 aromatic carbocycles. The van der Waals surface area contributed by atoms with Gasteiger partial charge < -0.3 is 0 Å². The number of aryl methyl sites for hydroxylation is 3. The van der Waals surface area contributed by atoms with Gasteiger partial charge in [0.25, 0.3) is 5.95 Å². The van der Waals surface area contributed by atoms with Crippen molar-refractivity contribution in [3.63, 3.8) is 0 Å². The Morgan fingerprint density at radius 1 is 1.11 bits per heavy atom. The van der Waals surface area contributed by atoms with Gasteiger partial charge in [0.1, 0.15) is 0 Å². The topological polar surface area (TPSA) is 107 Å². The predicted molar refractivity (Wildman–Crippen MR) is 108 cm³/mol. The lowest BCUT2D eigenvalue weighted by Crippen LogP contribution is -2.34. The molecule has 0 spiro atoms. The normalized spacial score (nSPS) is 12.2. The van der Waals surface area contributed by atoms with E-state index >= 15 is 0 Å². The number of aromatic nitrogens is 4. The molecular weight excluding hydrogens is 378 g/mol. The Morgan fingerprint density at radius 3 is 2.21 bits per heavy atom. The second kappa shape index (κ2) is 7.98. The van der Waals surface area contributed by atoms with Gasteiger partial charge in [-0.25, -0.2) is 23.1 Å². The van der Waals surface area contributed by atoms with Crippen LogP contribution in [0.4, 0.5) is 0 Å². The van der Waals surface area contributed by atoms with Gasteiger partial charge in [0.05, 0.1) is 17.9 Å². The van der Waals surface area contributed by atoms with Gasteiger partial charge in [-0.05, 0) is 45.6 Å². The molecule has 1 amide bonds. The van der Waals surface area contributed by atoms with Crippen LogP contribution in [0.25, 0.3) is 5.95 Å². The highest BCUT2D eigenvalue weighted by Gasteiger charge is 2.22. The van der Waals surface area contributed by atoms with E-state index in [1.165, 1.54) is 0 Å². The van der Waals surface area contributed by atoms with Crippen LogP contribution in [-0.4, -0.2) is 39.8 Å². The van der Waals surface area contributed by atoms with Gasteiger partial charge >= 0.3 is 0 Å². The third-order valence-corrected chi connectivity index (χ3v) is 5.61. The molecule has 2 heterocycles. The molecule has 0 unspecified atom stereocenters. The maximum Gasteiger partial charge on any atom is 0.251 e. The minimum atomic E-state index is -3.67. The lowest BCUT2D eigenvalue weighted by atomic mass is 9.94. The Balaban J connectivity index is 2.19. The zero-order chi connectivity index (χ0) is 21.3. The first kappa shape index (κ1) is 22.0. The second-order valence-electron chi connectivity index (χ2n) is 8.34. The van der Waals surface area contributed by atoms with Crippen molar-refractivity contribution >= 4 is 15.9 Å². The van der Waals surface area contributed by atoms with E-state index in [1.54, 1.807) is 11.6 Å². The zero-order valence-electron chi connectivity index (χ0n) is 17.6. The first-order valence-electron chi connectivity index (χ1n) is 9.18. The van der Waals surface area contributed by atoms with E-state index in [2.05, 4.69) is 19.8 Å². The number of nitrogens with zero attached hydrogens (tertiary/aromatic N) is 4. The largest absolute Gasteiger partial charge is 0.274 e. The number of hydrogen-bond donors (Lipinski definition) is 1. The van der Waals surface area contributed by atoms with Gasteiger partial charge in [0, 0.05) is 22.6 Å². The van der Waals surface area contributed by atoms with Crippen LogP contribution in [0.15, 0.2) is 6.07 Å². The Morgan fingerprint density at radius 2 is 1.68 bits per heavy atom. The Kier molecular flexibility index (Phi) is 6.27. The molecule has 2 aromatic heterocycles. The van der Waals surface area contributed by atoms with E-state index < -0.39 is 15.9 Å². The monoisotopic (exact) mass is 407 g/mol. The van der Waals surface area contributed by atoms with E-state index in [0.717, 1.165) is 11.4 Å². The lowest BCUT2D eigenvalue weighted by Gasteiger charge is -2.17. The summed E-state index contributed by atoms with van der Waals surface area (Å²) in [6, 6.07) is 1.87. The Bertz CT molecular complexity index is 967. The minimum Gasteiger partial charge on any atom is -0.274 e. The van der Waals surface area contributed by atoms with Gasteiger partial charge in [-0.3, -0.25) is 9.52 Å². The maximum atomic E-state index is 12.4. The van der Waals surface area contributed by atoms with E-state index in [0.29, 0.717) is 29.3 Å². The summed E-state index contributed by atoms with van der Waals surface area (Å²) < 4.78 is 28.1. The number of amides is 1. The van der Waals surface area contributed by atoms with Crippen molar-refractivity contribution in [1.82, 2.24) is 24.5 Å². The average Bonchev–Trinajstić information content (AvgIpc) is 2.79. The number of carbonyl (C=O) groups excluding carboxylic acids is 1. The van der Waals surface area contributed by atoms with E-state index in [4.69, 9.17) is 0 Å². The number of hydrogen-bond acceptors (Lipinski definition) is 6. The molecule has 0 fully saturated rings. The SMILES string of the molecule is Cc1cc(C)nc(-n2nc(C)c(CC(=O)NS(=O)(=O)CCC(C)(C)C)c2C)n1. The van der Waals surface area contributed by atoms with Crippen LogP contribution in [0, 0.1) is 33.1 Å². The number of sulfonamides is 1.